The van der Waals surface area contributed by atoms with Crippen LogP contribution in [0.5, 0.6) is 17.2 Å². The van der Waals surface area contributed by atoms with Crippen LogP contribution in [0, 0.1) is 0 Å². The highest BCUT2D eigenvalue weighted by atomic mass is 79.9. The average molecular weight is 550 g/mol. The predicted octanol–water partition coefficient (Wildman–Crippen LogP) is 5.11. The van der Waals surface area contributed by atoms with Crippen molar-refractivity contribution in [1.82, 2.24) is 4.90 Å². The third-order valence-electron chi connectivity index (χ3n) is 6.49. The minimum Gasteiger partial charge on any atom is -0.507 e. The summed E-state index contributed by atoms with van der Waals surface area (Å²) in [7, 11) is 1.42. The molecule has 2 aliphatic rings. The Morgan fingerprint density at radius 2 is 1.89 bits per heavy atom. The van der Waals surface area contributed by atoms with Crippen molar-refractivity contribution in [3.8, 4) is 17.2 Å². The van der Waals surface area contributed by atoms with Crippen LogP contribution in [0.3, 0.4) is 0 Å². The molecule has 0 aliphatic carbocycles. The van der Waals surface area contributed by atoms with Gasteiger partial charge in [-0.15, -0.1) is 0 Å². The molecular formula is C28H24BrNO6. The van der Waals surface area contributed by atoms with Gasteiger partial charge in [-0.2, -0.15) is 0 Å². The maximum Gasteiger partial charge on any atom is 0.295 e. The van der Waals surface area contributed by atoms with E-state index >= 15 is 0 Å². The topological polar surface area (TPSA) is 96.3 Å². The van der Waals surface area contributed by atoms with E-state index in [1.54, 1.807) is 30.3 Å². The molecule has 2 heterocycles. The molecule has 5 rings (SSSR count). The van der Waals surface area contributed by atoms with Crippen molar-refractivity contribution in [2.75, 3.05) is 7.11 Å². The lowest BCUT2D eigenvalue weighted by Crippen LogP contribution is -2.29. The van der Waals surface area contributed by atoms with Gasteiger partial charge in [0.25, 0.3) is 11.7 Å². The standard InChI is InChI=1S/C28H24BrNO6/c1-15-10-18-11-17(8-9-21(18)36-15)25(31)23-24(19-12-20(29)26(32)22(13-19)35-2)30(28(34)27(23)33)14-16-6-4-3-5-7-16/h3-9,11-13,15,24,31-32H,10,14H2,1-2H3/b25-23+/t15-,24+/m1/s1. The first kappa shape index (κ1) is 23.9. The lowest BCUT2D eigenvalue weighted by molar-refractivity contribution is -0.140. The Labute approximate surface area is 216 Å². The van der Waals surface area contributed by atoms with E-state index in [4.69, 9.17) is 9.47 Å². The molecule has 184 valence electrons. The van der Waals surface area contributed by atoms with E-state index in [0.717, 1.165) is 16.9 Å². The smallest absolute Gasteiger partial charge is 0.295 e. The Kier molecular flexibility index (Phi) is 6.22. The van der Waals surface area contributed by atoms with Crippen molar-refractivity contribution in [3.05, 3.63) is 93.0 Å². The van der Waals surface area contributed by atoms with Gasteiger partial charge < -0.3 is 24.6 Å². The summed E-state index contributed by atoms with van der Waals surface area (Å²) in [6, 6.07) is 16.8. The summed E-state index contributed by atoms with van der Waals surface area (Å²) in [4.78, 5) is 28.1. The zero-order chi connectivity index (χ0) is 25.6. The quantitative estimate of drug-likeness (QED) is 0.261. The Bertz CT molecular complexity index is 1400. The number of nitrogens with zero attached hydrogens (tertiary/aromatic N) is 1. The molecular weight excluding hydrogens is 526 g/mol. The fraction of sp³-hybridized carbons (Fsp3) is 0.214. The number of phenols is 1. The van der Waals surface area contributed by atoms with Gasteiger partial charge in [0, 0.05) is 18.5 Å². The van der Waals surface area contributed by atoms with Crippen molar-refractivity contribution in [2.24, 2.45) is 0 Å². The van der Waals surface area contributed by atoms with Gasteiger partial charge in [0.15, 0.2) is 11.5 Å². The number of phenolic OH excluding ortho intramolecular Hbond substituents is 1. The monoisotopic (exact) mass is 549 g/mol. The third-order valence-corrected chi connectivity index (χ3v) is 7.10. The SMILES string of the molecule is COc1cc([C@H]2/C(=C(\O)c3ccc4c(c3)C[C@@H](C)O4)C(=O)C(=O)N2Cc2ccccc2)cc(Br)c1O. The number of ether oxygens (including phenoxy) is 2. The fourth-order valence-corrected chi connectivity index (χ4v) is 5.26. The second-order valence-corrected chi connectivity index (χ2v) is 9.78. The molecule has 0 aromatic heterocycles. The van der Waals surface area contributed by atoms with E-state index in [2.05, 4.69) is 15.9 Å². The third kappa shape index (κ3) is 4.11. The molecule has 0 saturated carbocycles. The highest BCUT2D eigenvalue weighted by Crippen LogP contribution is 2.45. The van der Waals surface area contributed by atoms with Crippen LogP contribution in [0.4, 0.5) is 0 Å². The first-order chi connectivity index (χ1) is 17.3. The Balaban J connectivity index is 1.68. The number of likely N-dealkylation sites (tertiary alicyclic amines) is 1. The zero-order valence-corrected chi connectivity index (χ0v) is 21.3. The molecule has 1 saturated heterocycles. The molecule has 36 heavy (non-hydrogen) atoms. The molecule has 2 atom stereocenters. The number of hydrogen-bond acceptors (Lipinski definition) is 6. The first-order valence-electron chi connectivity index (χ1n) is 11.5. The summed E-state index contributed by atoms with van der Waals surface area (Å²) in [5.74, 6) is -0.942. The van der Waals surface area contributed by atoms with E-state index in [9.17, 15) is 19.8 Å². The van der Waals surface area contributed by atoms with Gasteiger partial charge in [-0.05, 0) is 69.9 Å². The second-order valence-electron chi connectivity index (χ2n) is 8.92. The number of rotatable bonds is 5. The second kappa shape index (κ2) is 9.35. The molecule has 0 unspecified atom stereocenters. The maximum atomic E-state index is 13.4. The number of fused-ring (bicyclic) bond motifs is 1. The number of aliphatic hydroxyl groups excluding tert-OH is 1. The number of methoxy groups -OCH3 is 1. The van der Waals surface area contributed by atoms with Gasteiger partial charge in [0.2, 0.25) is 0 Å². The van der Waals surface area contributed by atoms with Crippen molar-refractivity contribution in [3.63, 3.8) is 0 Å². The summed E-state index contributed by atoms with van der Waals surface area (Å²) in [5, 5.41) is 21.8. The summed E-state index contributed by atoms with van der Waals surface area (Å²) in [6.07, 6.45) is 0.709. The van der Waals surface area contributed by atoms with Crippen molar-refractivity contribution >= 4 is 33.4 Å². The summed E-state index contributed by atoms with van der Waals surface area (Å²) >= 11 is 3.33. The zero-order valence-electron chi connectivity index (χ0n) is 19.7. The molecule has 2 N–H and O–H groups in total. The molecule has 7 nitrogen and oxygen atoms in total. The van der Waals surface area contributed by atoms with Gasteiger partial charge in [-0.1, -0.05) is 30.3 Å². The molecule has 1 fully saturated rings. The number of amides is 1. The van der Waals surface area contributed by atoms with Gasteiger partial charge >= 0.3 is 0 Å². The van der Waals surface area contributed by atoms with Crippen LogP contribution in [0.1, 0.15) is 35.2 Å². The van der Waals surface area contributed by atoms with Crippen LogP contribution in [0.2, 0.25) is 0 Å². The number of halogens is 1. The molecule has 0 bridgehead atoms. The number of aliphatic hydroxyl groups is 1. The number of carbonyl (C=O) groups is 2. The predicted molar refractivity (Wildman–Crippen MR) is 137 cm³/mol. The van der Waals surface area contributed by atoms with Gasteiger partial charge in [-0.3, -0.25) is 9.59 Å². The molecule has 1 amide bonds. The maximum absolute atomic E-state index is 13.4. The number of Topliss-reactive ketones (excluding diaryl/α,β-unsaturated/α-hetero) is 1. The van der Waals surface area contributed by atoms with Crippen molar-refractivity contribution in [2.45, 2.75) is 32.0 Å². The lowest BCUT2D eigenvalue weighted by atomic mass is 9.94. The molecule has 3 aromatic rings. The number of ketones is 1. The summed E-state index contributed by atoms with van der Waals surface area (Å²) < 4.78 is 11.4. The normalized spacial score (nSPS) is 20.4. The summed E-state index contributed by atoms with van der Waals surface area (Å²) in [5.41, 5.74) is 2.67. The van der Waals surface area contributed by atoms with Crippen molar-refractivity contribution in [1.29, 1.82) is 0 Å². The van der Waals surface area contributed by atoms with Crippen LogP contribution in [-0.2, 0) is 22.6 Å². The highest BCUT2D eigenvalue weighted by molar-refractivity contribution is 9.10. The van der Waals surface area contributed by atoms with E-state index < -0.39 is 17.7 Å². The number of carbonyl (C=O) groups excluding carboxylic acids is 2. The number of aromatic hydroxyl groups is 1. The number of benzene rings is 3. The molecule has 3 aromatic carbocycles. The highest BCUT2D eigenvalue weighted by Gasteiger charge is 2.46. The Morgan fingerprint density at radius 3 is 2.61 bits per heavy atom. The number of hydrogen-bond donors (Lipinski definition) is 2. The first-order valence-corrected chi connectivity index (χ1v) is 12.3. The van der Waals surface area contributed by atoms with Gasteiger partial charge in [0.1, 0.15) is 17.6 Å². The largest absolute Gasteiger partial charge is 0.507 e. The molecule has 8 heteroatoms. The van der Waals surface area contributed by atoms with Crippen molar-refractivity contribution < 1.29 is 29.3 Å². The van der Waals surface area contributed by atoms with Crippen LogP contribution >= 0.6 is 15.9 Å². The minimum absolute atomic E-state index is 0.0238. The van der Waals surface area contributed by atoms with Crippen LogP contribution in [-0.4, -0.2) is 40.0 Å². The van der Waals surface area contributed by atoms with E-state index in [-0.39, 0.29) is 35.5 Å². The van der Waals surface area contributed by atoms with Crippen LogP contribution < -0.4 is 9.47 Å². The molecule has 0 spiro atoms. The van der Waals surface area contributed by atoms with Gasteiger partial charge in [0.05, 0.1) is 23.2 Å². The molecule has 2 aliphatic heterocycles. The lowest BCUT2D eigenvalue weighted by Gasteiger charge is -2.26. The molecule has 0 radical (unpaired) electrons. The Hall–Kier alpha value is -3.78. The average Bonchev–Trinajstić information content (AvgIpc) is 3.37. The van der Waals surface area contributed by atoms with E-state index in [1.807, 2.05) is 37.3 Å². The Morgan fingerprint density at radius 1 is 1.14 bits per heavy atom. The fourth-order valence-electron chi connectivity index (χ4n) is 4.80. The minimum atomic E-state index is -0.903. The van der Waals surface area contributed by atoms with Crippen LogP contribution in [0.15, 0.2) is 70.7 Å². The van der Waals surface area contributed by atoms with Crippen LogP contribution in [0.25, 0.3) is 5.76 Å². The van der Waals surface area contributed by atoms with E-state index in [1.165, 1.54) is 12.0 Å². The van der Waals surface area contributed by atoms with Gasteiger partial charge in [-0.25, -0.2) is 0 Å². The van der Waals surface area contributed by atoms with E-state index in [0.29, 0.717) is 22.0 Å². The summed E-state index contributed by atoms with van der Waals surface area (Å²) in [6.45, 7) is 2.12.